The molecule has 0 aliphatic carbocycles. The molecule has 4 nitrogen and oxygen atoms in total. The molecular weight excluding hydrogens is 276 g/mol. The van der Waals surface area contributed by atoms with Crippen molar-refractivity contribution in [2.75, 3.05) is 14.2 Å². The topological polar surface area (TPSA) is 55.8 Å². The molecule has 0 unspecified atom stereocenters. The first-order valence-electron chi connectivity index (χ1n) is 4.97. The first kappa shape index (κ1) is 16.3. The van der Waals surface area contributed by atoms with E-state index in [-0.39, 0.29) is 22.6 Å². The zero-order valence-corrected chi connectivity index (χ0v) is 11.2. The first-order valence-corrected chi connectivity index (χ1v) is 4.97. The predicted molar refractivity (Wildman–Crippen MR) is 64.1 cm³/mol. The van der Waals surface area contributed by atoms with E-state index in [0.29, 0.717) is 5.75 Å². The molecule has 0 heterocycles. The Hall–Kier alpha value is -1.71. The van der Waals surface area contributed by atoms with Crippen LogP contribution in [0.1, 0.15) is 10.4 Å². The Morgan fingerprint density at radius 2 is 1.72 bits per heavy atom. The first-order chi connectivity index (χ1) is 8.19. The largest absolute Gasteiger partial charge is 2.00 e. The summed E-state index contributed by atoms with van der Waals surface area (Å²) >= 11 is 0. The average Bonchev–Trinajstić information content (AvgIpc) is 3.00. The molecule has 0 saturated carbocycles. The van der Waals surface area contributed by atoms with Gasteiger partial charge in [-0.3, -0.25) is 0 Å². The third kappa shape index (κ3) is 4.65. The third-order valence-electron chi connectivity index (χ3n) is 2.09. The van der Waals surface area contributed by atoms with Crippen LogP contribution in [0.2, 0.25) is 0 Å². The van der Waals surface area contributed by atoms with Crippen molar-refractivity contribution < 1.29 is 36.4 Å². The van der Waals surface area contributed by atoms with Gasteiger partial charge in [0.1, 0.15) is 0 Å². The summed E-state index contributed by atoms with van der Waals surface area (Å²) in [5, 5.41) is 8.51. The molecule has 98 valence electrons. The van der Waals surface area contributed by atoms with Crippen LogP contribution < -0.4 is 9.47 Å². The Morgan fingerprint density at radius 1 is 1.11 bits per heavy atom. The molecule has 0 aliphatic heterocycles. The number of carboxylic acid groups (broad SMARTS) is 1. The van der Waals surface area contributed by atoms with Crippen LogP contribution in [0.25, 0.3) is 0 Å². The molecule has 0 radical (unpaired) electrons. The fourth-order valence-corrected chi connectivity index (χ4v) is 1.25. The van der Waals surface area contributed by atoms with Crippen molar-refractivity contribution in [2.45, 2.75) is 0 Å². The van der Waals surface area contributed by atoms with Crippen molar-refractivity contribution in [1.29, 1.82) is 0 Å². The van der Waals surface area contributed by atoms with Crippen LogP contribution in [0.4, 0.5) is 0 Å². The normalized spacial score (nSPS) is 8.56. The SMILES string of the molecule is CO[c-]1cccc1.CO[c-]1cccc1C(=O)O.[Fe+2]. The molecule has 2 aromatic rings. The summed E-state index contributed by atoms with van der Waals surface area (Å²) in [7, 11) is 3.11. The zero-order valence-electron chi connectivity index (χ0n) is 10.1. The molecule has 0 atom stereocenters. The van der Waals surface area contributed by atoms with Gasteiger partial charge in [-0.25, -0.2) is 12.1 Å². The van der Waals surface area contributed by atoms with Crippen molar-refractivity contribution in [3.05, 3.63) is 48.0 Å². The summed E-state index contributed by atoms with van der Waals surface area (Å²) in [4.78, 5) is 10.4. The fourth-order valence-electron chi connectivity index (χ4n) is 1.25. The second kappa shape index (κ2) is 8.39. The van der Waals surface area contributed by atoms with Crippen LogP contribution in [-0.2, 0) is 17.1 Å². The maximum atomic E-state index is 10.4. The molecule has 0 spiro atoms. The van der Waals surface area contributed by atoms with E-state index >= 15 is 0 Å². The van der Waals surface area contributed by atoms with Gasteiger partial charge in [-0.05, 0) is 5.56 Å². The van der Waals surface area contributed by atoms with Crippen LogP contribution in [0.5, 0.6) is 11.5 Å². The molecule has 0 aliphatic rings. The van der Waals surface area contributed by atoms with Crippen molar-refractivity contribution in [2.24, 2.45) is 0 Å². The van der Waals surface area contributed by atoms with Crippen molar-refractivity contribution in [3.63, 3.8) is 0 Å². The number of methoxy groups -OCH3 is 2. The minimum absolute atomic E-state index is 0. The van der Waals surface area contributed by atoms with Gasteiger partial charge in [0.15, 0.2) is 0 Å². The van der Waals surface area contributed by atoms with E-state index in [1.54, 1.807) is 19.2 Å². The van der Waals surface area contributed by atoms with Crippen LogP contribution >= 0.6 is 0 Å². The summed E-state index contributed by atoms with van der Waals surface area (Å²) in [5.41, 5.74) is 0.211. The fraction of sp³-hybridized carbons (Fsp3) is 0.154. The Balaban J connectivity index is 0.000000321. The Labute approximate surface area is 116 Å². The molecule has 0 fully saturated rings. The molecule has 5 heteroatoms. The zero-order chi connectivity index (χ0) is 12.7. The third-order valence-corrected chi connectivity index (χ3v) is 2.09. The molecule has 0 bridgehead atoms. The smallest absolute Gasteiger partial charge is 0.554 e. The summed E-state index contributed by atoms with van der Waals surface area (Å²) in [6.07, 6.45) is 0. The molecule has 2 rings (SSSR count). The predicted octanol–water partition coefficient (Wildman–Crippen LogP) is 2.52. The van der Waals surface area contributed by atoms with Gasteiger partial charge in [0.2, 0.25) is 0 Å². The standard InChI is InChI=1S/C7H7O3.C6H7O.Fe/c1-10-6-4-2-3-5(6)7(8)9;1-7-6-4-2-3-5-6;/h2-4H,1H3,(H,8,9);2-5H,1H3;/q2*-1;+2. The van der Waals surface area contributed by atoms with E-state index in [0.717, 1.165) is 5.75 Å². The summed E-state index contributed by atoms with van der Waals surface area (Å²) in [6.45, 7) is 0. The summed E-state index contributed by atoms with van der Waals surface area (Å²) < 4.78 is 9.62. The minimum Gasteiger partial charge on any atom is -0.554 e. The van der Waals surface area contributed by atoms with E-state index < -0.39 is 5.97 Å². The van der Waals surface area contributed by atoms with Gasteiger partial charge in [0, 0.05) is 11.5 Å². The second-order valence-electron chi connectivity index (χ2n) is 3.14. The van der Waals surface area contributed by atoms with Gasteiger partial charge in [0.25, 0.3) is 5.97 Å². The van der Waals surface area contributed by atoms with E-state index in [4.69, 9.17) is 14.6 Å². The molecule has 1 N–H and O–H groups in total. The number of rotatable bonds is 3. The molecule has 0 amide bonds. The van der Waals surface area contributed by atoms with E-state index in [9.17, 15) is 4.79 Å². The Kier molecular flexibility index (Phi) is 7.59. The Morgan fingerprint density at radius 3 is 2.06 bits per heavy atom. The van der Waals surface area contributed by atoms with E-state index in [1.165, 1.54) is 13.2 Å². The molecule has 18 heavy (non-hydrogen) atoms. The maximum Gasteiger partial charge on any atom is 2.00 e. The van der Waals surface area contributed by atoms with Gasteiger partial charge in [-0.1, -0.05) is 0 Å². The monoisotopic (exact) mass is 290 g/mol. The summed E-state index contributed by atoms with van der Waals surface area (Å²) in [6, 6.07) is 12.5. The van der Waals surface area contributed by atoms with Gasteiger partial charge in [0.05, 0.1) is 14.2 Å². The number of hydrogen-bond donors (Lipinski definition) is 1. The number of carboxylic acids is 1. The van der Waals surface area contributed by atoms with Gasteiger partial charge >= 0.3 is 17.1 Å². The van der Waals surface area contributed by atoms with Crippen molar-refractivity contribution >= 4 is 5.97 Å². The van der Waals surface area contributed by atoms with E-state index in [2.05, 4.69) is 0 Å². The van der Waals surface area contributed by atoms with Crippen LogP contribution in [-0.4, -0.2) is 25.3 Å². The van der Waals surface area contributed by atoms with E-state index in [1.807, 2.05) is 24.3 Å². The molecular formula is C13H14FeO4. The number of aromatic carboxylic acids is 1. The van der Waals surface area contributed by atoms with Gasteiger partial charge < -0.3 is 19.4 Å². The van der Waals surface area contributed by atoms with Crippen LogP contribution in [0.15, 0.2) is 42.5 Å². The number of carbonyl (C=O) groups is 1. The molecule has 2 aromatic carbocycles. The summed E-state index contributed by atoms with van der Waals surface area (Å²) in [5.74, 6) is 0.384. The van der Waals surface area contributed by atoms with Gasteiger partial charge in [-0.15, -0.1) is 18.2 Å². The second-order valence-corrected chi connectivity index (χ2v) is 3.14. The van der Waals surface area contributed by atoms with Crippen LogP contribution in [0.3, 0.4) is 0 Å². The number of hydrogen-bond acceptors (Lipinski definition) is 3. The maximum absolute atomic E-state index is 10.4. The quantitative estimate of drug-likeness (QED) is 0.697. The average molecular weight is 290 g/mol. The van der Waals surface area contributed by atoms with Crippen molar-refractivity contribution in [1.82, 2.24) is 0 Å². The van der Waals surface area contributed by atoms with Crippen LogP contribution in [0, 0.1) is 0 Å². The van der Waals surface area contributed by atoms with Gasteiger partial charge in [-0.2, -0.15) is 12.1 Å². The minimum atomic E-state index is -0.957. The molecule has 0 aromatic heterocycles. The number of ether oxygens (including phenoxy) is 2. The Bertz CT molecular complexity index is 445. The molecule has 0 saturated heterocycles. The van der Waals surface area contributed by atoms with Crippen molar-refractivity contribution in [3.8, 4) is 11.5 Å².